The lowest BCUT2D eigenvalue weighted by Crippen LogP contribution is -2.15. The zero-order chi connectivity index (χ0) is 11.5. The first-order chi connectivity index (χ1) is 7.66. The summed E-state index contributed by atoms with van der Waals surface area (Å²) in [5.74, 6) is 0.645. The maximum absolute atomic E-state index is 11.2. The van der Waals surface area contributed by atoms with E-state index in [1.165, 1.54) is 6.92 Å². The van der Waals surface area contributed by atoms with Gasteiger partial charge in [-0.3, -0.25) is 4.79 Å². The SMILES string of the molecule is CC(=O)c1ccc(OC2CCOC2)cc1Cl. The Hall–Kier alpha value is -1.06. The summed E-state index contributed by atoms with van der Waals surface area (Å²) in [5, 5.41) is 0.434. The molecule has 1 unspecified atom stereocenters. The van der Waals surface area contributed by atoms with Crippen LogP contribution in [0, 0.1) is 0 Å². The number of rotatable bonds is 3. The summed E-state index contributed by atoms with van der Waals surface area (Å²) in [6.45, 7) is 2.85. The summed E-state index contributed by atoms with van der Waals surface area (Å²) >= 11 is 5.98. The van der Waals surface area contributed by atoms with E-state index < -0.39 is 0 Å². The van der Waals surface area contributed by atoms with Crippen LogP contribution in [0.4, 0.5) is 0 Å². The van der Waals surface area contributed by atoms with Crippen molar-refractivity contribution in [1.82, 2.24) is 0 Å². The van der Waals surface area contributed by atoms with Gasteiger partial charge in [-0.15, -0.1) is 0 Å². The number of hydrogen-bond donors (Lipinski definition) is 0. The molecule has 1 saturated heterocycles. The summed E-state index contributed by atoms with van der Waals surface area (Å²) < 4.78 is 10.9. The fourth-order valence-corrected chi connectivity index (χ4v) is 1.96. The van der Waals surface area contributed by atoms with E-state index in [0.717, 1.165) is 13.0 Å². The van der Waals surface area contributed by atoms with Gasteiger partial charge in [0, 0.05) is 12.0 Å². The van der Waals surface area contributed by atoms with Crippen molar-refractivity contribution in [2.75, 3.05) is 13.2 Å². The Kier molecular flexibility index (Phi) is 3.46. The lowest BCUT2D eigenvalue weighted by atomic mass is 10.1. The van der Waals surface area contributed by atoms with E-state index in [4.69, 9.17) is 21.1 Å². The maximum atomic E-state index is 11.2. The summed E-state index contributed by atoms with van der Waals surface area (Å²) in [5.41, 5.74) is 0.525. The number of ether oxygens (including phenoxy) is 2. The second kappa shape index (κ2) is 4.85. The Morgan fingerprint density at radius 1 is 1.56 bits per heavy atom. The Balaban J connectivity index is 2.11. The van der Waals surface area contributed by atoms with Gasteiger partial charge in [0.2, 0.25) is 0 Å². The number of Topliss-reactive ketones (excluding diaryl/α,β-unsaturated/α-hetero) is 1. The standard InChI is InChI=1S/C12H13ClO3/c1-8(14)11-3-2-9(6-12(11)13)16-10-4-5-15-7-10/h2-3,6,10H,4-5,7H2,1H3. The van der Waals surface area contributed by atoms with Gasteiger partial charge in [0.1, 0.15) is 11.9 Å². The summed E-state index contributed by atoms with van der Waals surface area (Å²) in [6.07, 6.45) is 0.991. The smallest absolute Gasteiger partial charge is 0.161 e. The summed E-state index contributed by atoms with van der Waals surface area (Å²) in [7, 11) is 0. The minimum Gasteiger partial charge on any atom is -0.488 e. The lowest BCUT2D eigenvalue weighted by Gasteiger charge is -2.12. The second-order valence-electron chi connectivity index (χ2n) is 3.80. The van der Waals surface area contributed by atoms with Crippen molar-refractivity contribution in [3.05, 3.63) is 28.8 Å². The molecule has 0 aliphatic carbocycles. The maximum Gasteiger partial charge on any atom is 0.161 e. The number of benzene rings is 1. The van der Waals surface area contributed by atoms with E-state index >= 15 is 0 Å². The molecule has 0 N–H and O–H groups in total. The van der Waals surface area contributed by atoms with Crippen LogP contribution in [0.15, 0.2) is 18.2 Å². The first-order valence-electron chi connectivity index (χ1n) is 5.21. The van der Waals surface area contributed by atoms with Crippen LogP contribution in [0.1, 0.15) is 23.7 Å². The Morgan fingerprint density at radius 2 is 2.38 bits per heavy atom. The highest BCUT2D eigenvalue weighted by Gasteiger charge is 2.17. The van der Waals surface area contributed by atoms with Crippen LogP contribution in [-0.2, 0) is 4.74 Å². The molecule has 0 radical (unpaired) electrons. The van der Waals surface area contributed by atoms with Gasteiger partial charge in [-0.25, -0.2) is 0 Å². The fourth-order valence-electron chi connectivity index (χ4n) is 1.65. The van der Waals surface area contributed by atoms with Crippen LogP contribution in [0.2, 0.25) is 5.02 Å². The van der Waals surface area contributed by atoms with Gasteiger partial charge in [-0.2, -0.15) is 0 Å². The Morgan fingerprint density at radius 3 is 2.94 bits per heavy atom. The van der Waals surface area contributed by atoms with E-state index in [0.29, 0.717) is 22.9 Å². The molecule has 86 valence electrons. The van der Waals surface area contributed by atoms with E-state index in [9.17, 15) is 4.79 Å². The van der Waals surface area contributed by atoms with Crippen LogP contribution in [0.5, 0.6) is 5.75 Å². The van der Waals surface area contributed by atoms with Crippen molar-refractivity contribution >= 4 is 17.4 Å². The quantitative estimate of drug-likeness (QED) is 0.762. The summed E-state index contributed by atoms with van der Waals surface area (Å²) in [6, 6.07) is 5.13. The first-order valence-corrected chi connectivity index (χ1v) is 5.59. The molecule has 0 spiro atoms. The van der Waals surface area contributed by atoms with E-state index in [1.807, 2.05) is 0 Å². The fraction of sp³-hybridized carbons (Fsp3) is 0.417. The average molecular weight is 241 g/mol. The van der Waals surface area contributed by atoms with Crippen molar-refractivity contribution in [3.8, 4) is 5.75 Å². The monoisotopic (exact) mass is 240 g/mol. The molecule has 0 amide bonds. The van der Waals surface area contributed by atoms with Crippen LogP contribution in [0.3, 0.4) is 0 Å². The second-order valence-corrected chi connectivity index (χ2v) is 4.21. The minimum absolute atomic E-state index is 0.0410. The van der Waals surface area contributed by atoms with E-state index in [2.05, 4.69) is 0 Å². The number of carbonyl (C=O) groups is 1. The molecule has 0 saturated carbocycles. The molecule has 16 heavy (non-hydrogen) atoms. The van der Waals surface area contributed by atoms with E-state index in [-0.39, 0.29) is 11.9 Å². The number of carbonyl (C=O) groups excluding carboxylic acids is 1. The van der Waals surface area contributed by atoms with Gasteiger partial charge in [0.25, 0.3) is 0 Å². The molecule has 1 aromatic carbocycles. The normalized spacial score (nSPS) is 19.8. The highest BCUT2D eigenvalue weighted by Crippen LogP contribution is 2.24. The Bertz CT molecular complexity index is 397. The third-order valence-corrected chi connectivity index (χ3v) is 2.82. The van der Waals surface area contributed by atoms with Gasteiger partial charge in [-0.05, 0) is 25.1 Å². The molecule has 1 aliphatic heterocycles. The lowest BCUT2D eigenvalue weighted by molar-refractivity contribution is 0.101. The molecule has 0 aromatic heterocycles. The van der Waals surface area contributed by atoms with Gasteiger partial charge in [0.05, 0.1) is 18.2 Å². The van der Waals surface area contributed by atoms with Crippen LogP contribution >= 0.6 is 11.6 Å². The Labute approximate surface area is 99.3 Å². The van der Waals surface area contributed by atoms with Crippen LogP contribution < -0.4 is 4.74 Å². The predicted molar refractivity (Wildman–Crippen MR) is 61.3 cm³/mol. The molecular formula is C12H13ClO3. The van der Waals surface area contributed by atoms with Crippen molar-refractivity contribution in [2.45, 2.75) is 19.4 Å². The summed E-state index contributed by atoms with van der Waals surface area (Å²) in [4.78, 5) is 11.2. The topological polar surface area (TPSA) is 35.5 Å². The van der Waals surface area contributed by atoms with Crippen molar-refractivity contribution in [1.29, 1.82) is 0 Å². The predicted octanol–water partition coefficient (Wildman–Crippen LogP) is 2.71. The van der Waals surface area contributed by atoms with Gasteiger partial charge in [-0.1, -0.05) is 11.6 Å². The zero-order valence-corrected chi connectivity index (χ0v) is 9.79. The number of hydrogen-bond acceptors (Lipinski definition) is 3. The van der Waals surface area contributed by atoms with Gasteiger partial charge in [0.15, 0.2) is 5.78 Å². The highest BCUT2D eigenvalue weighted by atomic mass is 35.5. The molecule has 3 nitrogen and oxygen atoms in total. The molecule has 1 aromatic rings. The molecule has 1 atom stereocenters. The minimum atomic E-state index is -0.0410. The first kappa shape index (κ1) is 11.4. The van der Waals surface area contributed by atoms with Gasteiger partial charge < -0.3 is 9.47 Å². The third kappa shape index (κ3) is 2.54. The molecule has 2 rings (SSSR count). The molecule has 1 fully saturated rings. The zero-order valence-electron chi connectivity index (χ0n) is 9.03. The molecule has 1 aliphatic rings. The number of ketones is 1. The number of halogens is 1. The third-order valence-electron chi connectivity index (χ3n) is 2.51. The molecule has 1 heterocycles. The van der Waals surface area contributed by atoms with Crippen LogP contribution in [0.25, 0.3) is 0 Å². The van der Waals surface area contributed by atoms with Gasteiger partial charge >= 0.3 is 0 Å². The van der Waals surface area contributed by atoms with Crippen molar-refractivity contribution < 1.29 is 14.3 Å². The molecule has 4 heteroatoms. The largest absolute Gasteiger partial charge is 0.488 e. The van der Waals surface area contributed by atoms with E-state index in [1.54, 1.807) is 18.2 Å². The molecular weight excluding hydrogens is 228 g/mol. The van der Waals surface area contributed by atoms with Crippen molar-refractivity contribution in [2.24, 2.45) is 0 Å². The van der Waals surface area contributed by atoms with Crippen LogP contribution in [-0.4, -0.2) is 25.1 Å². The highest BCUT2D eigenvalue weighted by molar-refractivity contribution is 6.34. The van der Waals surface area contributed by atoms with Crippen molar-refractivity contribution in [3.63, 3.8) is 0 Å². The average Bonchev–Trinajstić information content (AvgIpc) is 2.70. The molecule has 0 bridgehead atoms.